The van der Waals surface area contributed by atoms with Crippen molar-refractivity contribution in [2.24, 2.45) is 0 Å². The Bertz CT molecular complexity index is 604. The summed E-state index contributed by atoms with van der Waals surface area (Å²) in [5.41, 5.74) is 0. The van der Waals surface area contributed by atoms with Crippen LogP contribution < -0.4 is 0 Å². The number of alkyl halides is 18. The maximum absolute atomic E-state index is 13.3. The second-order valence-corrected chi connectivity index (χ2v) is 6.79. The van der Waals surface area contributed by atoms with Gasteiger partial charge in [-0.2, -0.15) is 70.2 Å². The molecule has 0 saturated heterocycles. The van der Waals surface area contributed by atoms with E-state index in [1.54, 1.807) is 0 Å². The Hall–Kier alpha value is -1.30. The van der Waals surface area contributed by atoms with Gasteiger partial charge in [-0.25, -0.2) is 8.78 Å². The van der Waals surface area contributed by atoms with E-state index in [9.17, 15) is 79.0 Å². The van der Waals surface area contributed by atoms with Gasteiger partial charge in [-0.15, -0.1) is 0 Å². The van der Waals surface area contributed by atoms with E-state index in [2.05, 4.69) is 4.74 Å². The lowest BCUT2D eigenvalue weighted by atomic mass is 9.96. The molecule has 0 aromatic rings. The van der Waals surface area contributed by atoms with Gasteiger partial charge >= 0.3 is 47.4 Å². The zero-order valence-corrected chi connectivity index (χ0v) is 15.8. The third-order valence-electron chi connectivity index (χ3n) is 4.04. The van der Waals surface area contributed by atoms with Crippen LogP contribution in [0, 0.1) is 0 Å². The molecule has 2 unspecified atom stereocenters. The van der Waals surface area contributed by atoms with Crippen LogP contribution in [0.4, 0.5) is 79.0 Å². The highest BCUT2D eigenvalue weighted by atomic mass is 19.4. The lowest BCUT2D eigenvalue weighted by Crippen LogP contribution is -2.65. The molecule has 0 fully saturated rings. The zero-order valence-electron chi connectivity index (χ0n) is 15.8. The molecule has 0 aliphatic carbocycles. The minimum absolute atomic E-state index is 0.952. The van der Waals surface area contributed by atoms with Crippen LogP contribution in [0.1, 0.15) is 13.8 Å². The van der Waals surface area contributed by atoms with E-state index < -0.39 is 86.8 Å². The third kappa shape index (κ3) is 5.06. The first-order valence-electron chi connectivity index (χ1n) is 7.93. The summed E-state index contributed by atoms with van der Waals surface area (Å²) in [6.07, 6.45) is -9.58. The van der Waals surface area contributed by atoms with Crippen LogP contribution >= 0.6 is 0 Å². The van der Waals surface area contributed by atoms with Gasteiger partial charge in [-0.05, 0) is 0 Å². The van der Waals surface area contributed by atoms with Crippen molar-refractivity contribution in [2.45, 2.75) is 73.6 Å². The Kier molecular flexibility index (Phi) is 8.38. The molecule has 0 aliphatic rings. The molecule has 0 N–H and O–H groups in total. The molecular formula is C14H12F18O. The first-order valence-corrected chi connectivity index (χ1v) is 7.93. The summed E-state index contributed by atoms with van der Waals surface area (Å²) in [6, 6.07) is 0. The highest BCUT2D eigenvalue weighted by molar-refractivity contribution is 5.06. The van der Waals surface area contributed by atoms with Crippen molar-refractivity contribution >= 4 is 0 Å². The van der Waals surface area contributed by atoms with Crippen LogP contribution in [-0.2, 0) is 4.74 Å². The molecule has 0 aromatic carbocycles. The molecule has 0 saturated carbocycles. The normalized spacial score (nSPS) is 17.8. The average Bonchev–Trinajstić information content (AvgIpc) is 2.58. The molecular weight excluding hydrogens is 526 g/mol. The number of halogens is 18. The molecule has 0 radical (unpaired) electrons. The summed E-state index contributed by atoms with van der Waals surface area (Å²) in [4.78, 5) is 0. The molecule has 0 heterocycles. The van der Waals surface area contributed by atoms with Gasteiger partial charge in [0.05, 0.1) is 13.2 Å². The Morgan fingerprint density at radius 1 is 0.455 bits per heavy atom. The molecule has 0 bridgehead atoms. The van der Waals surface area contributed by atoms with Crippen LogP contribution in [0.15, 0.2) is 0 Å². The van der Waals surface area contributed by atoms with Crippen molar-refractivity contribution in [3.63, 3.8) is 0 Å². The minimum atomic E-state index is -7.18. The number of hydrogen-bond donors (Lipinski definition) is 0. The van der Waals surface area contributed by atoms with Crippen LogP contribution in [-0.4, -0.2) is 72.9 Å². The topological polar surface area (TPSA) is 9.23 Å². The Balaban J connectivity index is 5.52. The Morgan fingerprint density at radius 2 is 0.667 bits per heavy atom. The summed E-state index contributed by atoms with van der Waals surface area (Å²) >= 11 is 0. The summed E-state index contributed by atoms with van der Waals surface area (Å²) in [5, 5.41) is 0. The highest BCUT2D eigenvalue weighted by Crippen LogP contribution is 2.55. The fraction of sp³-hybridized carbons (Fsp3) is 1.00. The Labute approximate surface area is 172 Å². The van der Waals surface area contributed by atoms with E-state index >= 15 is 0 Å². The smallest absolute Gasteiger partial charge is 0.375 e. The van der Waals surface area contributed by atoms with Crippen molar-refractivity contribution in [1.29, 1.82) is 0 Å². The monoisotopic (exact) mass is 538 g/mol. The molecule has 0 spiro atoms. The SMILES string of the molecule is CC(F)(F)C(F)(F)C(F)(F)C(F)(F)C(F)COCC(F)C(F)(F)C(F)(F)C(F)(F)C(C)(F)F. The summed E-state index contributed by atoms with van der Waals surface area (Å²) in [5.74, 6) is -53.4. The third-order valence-corrected chi connectivity index (χ3v) is 4.04. The maximum Gasteiger partial charge on any atom is 0.381 e. The minimum Gasteiger partial charge on any atom is -0.375 e. The summed E-state index contributed by atoms with van der Waals surface area (Å²) < 4.78 is 238. The second kappa shape index (κ2) is 8.73. The number of rotatable bonds is 12. The first-order chi connectivity index (χ1) is 14.0. The maximum atomic E-state index is 13.3. The lowest BCUT2D eigenvalue weighted by Gasteiger charge is -2.37. The van der Waals surface area contributed by atoms with Crippen LogP contribution in [0.25, 0.3) is 0 Å². The van der Waals surface area contributed by atoms with Crippen LogP contribution in [0.5, 0.6) is 0 Å². The van der Waals surface area contributed by atoms with Crippen molar-refractivity contribution in [2.75, 3.05) is 13.2 Å². The van der Waals surface area contributed by atoms with Crippen molar-refractivity contribution in [1.82, 2.24) is 0 Å². The van der Waals surface area contributed by atoms with Gasteiger partial charge in [0.2, 0.25) is 0 Å². The van der Waals surface area contributed by atoms with Gasteiger partial charge in [0.15, 0.2) is 12.3 Å². The predicted octanol–water partition coefficient (Wildman–Crippen LogP) is 6.80. The first kappa shape index (κ1) is 31.7. The van der Waals surface area contributed by atoms with Gasteiger partial charge in [0, 0.05) is 13.8 Å². The van der Waals surface area contributed by atoms with E-state index in [0.29, 0.717) is 0 Å². The fourth-order valence-electron chi connectivity index (χ4n) is 1.85. The summed E-state index contributed by atoms with van der Waals surface area (Å²) in [6.45, 7) is -7.52. The lowest BCUT2D eigenvalue weighted by molar-refractivity contribution is -0.376. The van der Waals surface area contributed by atoms with E-state index in [1.165, 1.54) is 0 Å². The second-order valence-electron chi connectivity index (χ2n) is 6.79. The van der Waals surface area contributed by atoms with E-state index in [0.717, 1.165) is 0 Å². The van der Waals surface area contributed by atoms with E-state index in [-0.39, 0.29) is 0 Å². The quantitative estimate of drug-likeness (QED) is 0.249. The molecule has 200 valence electrons. The number of hydrogen-bond acceptors (Lipinski definition) is 1. The molecule has 0 rings (SSSR count). The molecule has 0 aliphatic heterocycles. The molecule has 33 heavy (non-hydrogen) atoms. The highest BCUT2D eigenvalue weighted by Gasteiger charge is 2.82. The van der Waals surface area contributed by atoms with Gasteiger partial charge in [-0.1, -0.05) is 0 Å². The van der Waals surface area contributed by atoms with Gasteiger partial charge in [0.25, 0.3) is 0 Å². The predicted molar refractivity (Wildman–Crippen MR) is 71.5 cm³/mol. The molecule has 1 nitrogen and oxygen atoms in total. The van der Waals surface area contributed by atoms with Crippen LogP contribution in [0.2, 0.25) is 0 Å². The van der Waals surface area contributed by atoms with E-state index in [4.69, 9.17) is 0 Å². The molecule has 19 heteroatoms. The molecule has 0 aromatic heterocycles. The fourth-order valence-corrected chi connectivity index (χ4v) is 1.85. The van der Waals surface area contributed by atoms with Crippen molar-refractivity contribution < 1.29 is 83.8 Å². The standard InChI is InChI=1S/C14H12F18O/c1-7(17,18)11(25,26)13(29,30)9(21,22)5(15)3-33-4-6(16)10(23,24)14(31,32)12(27,28)8(2,19)20/h5-6H,3-4H2,1-2H3. The van der Waals surface area contributed by atoms with Gasteiger partial charge < -0.3 is 4.74 Å². The van der Waals surface area contributed by atoms with Gasteiger partial charge in [0.1, 0.15) is 0 Å². The van der Waals surface area contributed by atoms with Crippen molar-refractivity contribution in [3.05, 3.63) is 0 Å². The van der Waals surface area contributed by atoms with Crippen LogP contribution in [0.3, 0.4) is 0 Å². The molecule has 2 atom stereocenters. The average molecular weight is 538 g/mol. The molecule has 0 amide bonds. The van der Waals surface area contributed by atoms with Gasteiger partial charge in [-0.3, -0.25) is 0 Å². The number of ether oxygens (including phenoxy) is 1. The zero-order chi connectivity index (χ0) is 27.3. The Morgan fingerprint density at radius 3 is 0.848 bits per heavy atom. The largest absolute Gasteiger partial charge is 0.381 e. The van der Waals surface area contributed by atoms with E-state index in [1.807, 2.05) is 0 Å². The van der Waals surface area contributed by atoms with Crippen molar-refractivity contribution in [3.8, 4) is 0 Å². The summed E-state index contributed by atoms with van der Waals surface area (Å²) in [7, 11) is 0.